The number of aliphatic hydroxyl groups is 1. The number of hydrogen-bond donors (Lipinski definition) is 1. The first-order valence-corrected chi connectivity index (χ1v) is 7.41. The third-order valence-corrected chi connectivity index (χ3v) is 4.10. The summed E-state index contributed by atoms with van der Waals surface area (Å²) in [7, 11) is 0. The molecule has 110 valence electrons. The molecule has 1 heterocycles. The van der Waals surface area contributed by atoms with Crippen LogP contribution >= 0.6 is 0 Å². The van der Waals surface area contributed by atoms with E-state index in [4.69, 9.17) is 0 Å². The number of hydrogen-bond acceptors (Lipinski definition) is 2. The van der Waals surface area contributed by atoms with Crippen molar-refractivity contribution in [3.05, 3.63) is 58.9 Å². The molecule has 1 aliphatic heterocycles. The highest BCUT2D eigenvalue weighted by Gasteiger charge is 2.21. The molecule has 2 nitrogen and oxygen atoms in total. The van der Waals surface area contributed by atoms with Gasteiger partial charge in [0.05, 0.1) is 11.8 Å². The van der Waals surface area contributed by atoms with Gasteiger partial charge in [-0.3, -0.25) is 0 Å². The van der Waals surface area contributed by atoms with Crippen molar-refractivity contribution in [2.75, 3.05) is 11.4 Å². The summed E-state index contributed by atoms with van der Waals surface area (Å²) in [6.45, 7) is 4.55. The smallest absolute Gasteiger partial charge is 0.147 e. The third-order valence-electron chi connectivity index (χ3n) is 4.10. The van der Waals surface area contributed by atoms with Gasteiger partial charge in [-0.2, -0.15) is 0 Å². The molecule has 0 saturated carbocycles. The average Bonchev–Trinajstić information content (AvgIpc) is 2.46. The number of anilines is 2. The first kappa shape index (κ1) is 14.1. The Morgan fingerprint density at radius 2 is 1.90 bits per heavy atom. The highest BCUT2D eigenvalue weighted by Crippen LogP contribution is 2.35. The Bertz CT molecular complexity index is 666. The first-order chi connectivity index (χ1) is 10.1. The summed E-state index contributed by atoms with van der Waals surface area (Å²) in [5.41, 5.74) is 4.80. The summed E-state index contributed by atoms with van der Waals surface area (Å²) < 4.78 is 14.4. The van der Waals surface area contributed by atoms with Gasteiger partial charge in [-0.1, -0.05) is 23.8 Å². The molecule has 1 atom stereocenters. The van der Waals surface area contributed by atoms with Gasteiger partial charge in [0.15, 0.2) is 0 Å². The second-order valence-corrected chi connectivity index (χ2v) is 5.77. The van der Waals surface area contributed by atoms with E-state index in [2.05, 4.69) is 25.1 Å². The highest BCUT2D eigenvalue weighted by molar-refractivity contribution is 5.69. The maximum absolute atomic E-state index is 14.4. The van der Waals surface area contributed by atoms with Gasteiger partial charge in [0.2, 0.25) is 0 Å². The standard InChI is InChI=1S/C18H20FNO/c1-12-5-7-17-15(10-12)4-3-9-20(17)18-8-6-14(13(2)21)11-16(18)19/h5-8,10-11,13,21H,3-4,9H2,1-2H3/t13-/m1/s1. The van der Waals surface area contributed by atoms with Crippen LogP contribution in [0.3, 0.4) is 0 Å². The topological polar surface area (TPSA) is 23.5 Å². The Kier molecular flexibility index (Phi) is 3.68. The second-order valence-electron chi connectivity index (χ2n) is 5.77. The summed E-state index contributed by atoms with van der Waals surface area (Å²) in [5.74, 6) is -0.276. The van der Waals surface area contributed by atoms with E-state index >= 15 is 0 Å². The number of aryl methyl sites for hydroxylation is 2. The van der Waals surface area contributed by atoms with Gasteiger partial charge in [-0.05, 0) is 56.0 Å². The van der Waals surface area contributed by atoms with E-state index in [0.29, 0.717) is 11.3 Å². The van der Waals surface area contributed by atoms with Crippen LogP contribution < -0.4 is 4.90 Å². The zero-order valence-electron chi connectivity index (χ0n) is 12.4. The second kappa shape index (κ2) is 5.49. The van der Waals surface area contributed by atoms with Crippen molar-refractivity contribution in [1.29, 1.82) is 0 Å². The Labute approximate surface area is 124 Å². The number of nitrogens with zero attached hydrogens (tertiary/aromatic N) is 1. The molecule has 0 fully saturated rings. The molecular weight excluding hydrogens is 265 g/mol. The van der Waals surface area contributed by atoms with Crippen LogP contribution in [0.1, 0.15) is 36.1 Å². The molecule has 1 aliphatic rings. The zero-order valence-corrected chi connectivity index (χ0v) is 12.4. The Hall–Kier alpha value is -1.87. The molecule has 3 heteroatoms. The van der Waals surface area contributed by atoms with Gasteiger partial charge in [-0.15, -0.1) is 0 Å². The van der Waals surface area contributed by atoms with Crippen molar-refractivity contribution in [2.45, 2.75) is 32.8 Å². The predicted molar refractivity (Wildman–Crippen MR) is 83.5 cm³/mol. The molecule has 0 aromatic heterocycles. The van der Waals surface area contributed by atoms with Crippen LogP contribution in [-0.4, -0.2) is 11.7 Å². The minimum absolute atomic E-state index is 0.276. The molecule has 0 aliphatic carbocycles. The molecule has 2 aromatic rings. The molecule has 0 saturated heterocycles. The Morgan fingerprint density at radius 1 is 1.14 bits per heavy atom. The largest absolute Gasteiger partial charge is 0.389 e. The van der Waals surface area contributed by atoms with Crippen LogP contribution in [0.15, 0.2) is 36.4 Å². The number of rotatable bonds is 2. The zero-order chi connectivity index (χ0) is 15.0. The minimum Gasteiger partial charge on any atom is -0.389 e. The SMILES string of the molecule is Cc1ccc2c(c1)CCCN2c1ccc([C@@H](C)O)cc1F. The molecule has 2 aromatic carbocycles. The van der Waals surface area contributed by atoms with Gasteiger partial charge in [0.1, 0.15) is 5.82 Å². The lowest BCUT2D eigenvalue weighted by atomic mass is 9.98. The fourth-order valence-electron chi connectivity index (χ4n) is 2.98. The fraction of sp³-hybridized carbons (Fsp3) is 0.333. The molecule has 0 bridgehead atoms. The van der Waals surface area contributed by atoms with Gasteiger partial charge in [0.25, 0.3) is 0 Å². The molecular formula is C18H20FNO. The number of aliphatic hydroxyl groups excluding tert-OH is 1. The molecule has 3 rings (SSSR count). The maximum Gasteiger partial charge on any atom is 0.147 e. The quantitative estimate of drug-likeness (QED) is 0.890. The van der Waals surface area contributed by atoms with E-state index in [-0.39, 0.29) is 5.82 Å². The van der Waals surface area contributed by atoms with Crippen molar-refractivity contribution in [2.24, 2.45) is 0 Å². The van der Waals surface area contributed by atoms with Crippen molar-refractivity contribution in [3.63, 3.8) is 0 Å². The van der Waals surface area contributed by atoms with E-state index in [0.717, 1.165) is 25.1 Å². The van der Waals surface area contributed by atoms with Crippen LogP contribution in [0.25, 0.3) is 0 Å². The summed E-state index contributed by atoms with van der Waals surface area (Å²) in [6, 6.07) is 11.3. The van der Waals surface area contributed by atoms with Crippen LogP contribution in [0.2, 0.25) is 0 Å². The van der Waals surface area contributed by atoms with E-state index in [1.807, 2.05) is 4.90 Å². The van der Waals surface area contributed by atoms with E-state index < -0.39 is 6.10 Å². The lowest BCUT2D eigenvalue weighted by Crippen LogP contribution is -2.25. The molecule has 0 unspecified atom stereocenters. The van der Waals surface area contributed by atoms with Crippen LogP contribution in [0.5, 0.6) is 0 Å². The van der Waals surface area contributed by atoms with E-state index in [9.17, 15) is 9.50 Å². The van der Waals surface area contributed by atoms with Crippen LogP contribution in [0.4, 0.5) is 15.8 Å². The maximum atomic E-state index is 14.4. The van der Waals surface area contributed by atoms with Crippen LogP contribution in [0, 0.1) is 12.7 Å². The van der Waals surface area contributed by atoms with Gasteiger partial charge >= 0.3 is 0 Å². The summed E-state index contributed by atoms with van der Waals surface area (Å²) >= 11 is 0. The molecule has 0 amide bonds. The molecule has 21 heavy (non-hydrogen) atoms. The lowest BCUT2D eigenvalue weighted by molar-refractivity contribution is 0.199. The first-order valence-electron chi connectivity index (χ1n) is 7.41. The van der Waals surface area contributed by atoms with Gasteiger partial charge in [0, 0.05) is 12.2 Å². The predicted octanol–water partition coefficient (Wildman–Crippen LogP) is 4.27. The minimum atomic E-state index is -0.648. The summed E-state index contributed by atoms with van der Waals surface area (Å²) in [4.78, 5) is 2.04. The van der Waals surface area contributed by atoms with Crippen molar-refractivity contribution >= 4 is 11.4 Å². The van der Waals surface area contributed by atoms with Gasteiger partial charge in [-0.25, -0.2) is 4.39 Å². The molecule has 0 spiro atoms. The summed E-state index contributed by atoms with van der Waals surface area (Å²) in [5, 5.41) is 9.56. The number of benzene rings is 2. The third kappa shape index (κ3) is 2.66. The number of fused-ring (bicyclic) bond motifs is 1. The average molecular weight is 285 g/mol. The van der Waals surface area contributed by atoms with Crippen molar-refractivity contribution in [3.8, 4) is 0 Å². The van der Waals surface area contributed by atoms with Crippen molar-refractivity contribution < 1.29 is 9.50 Å². The van der Waals surface area contributed by atoms with E-state index in [1.165, 1.54) is 17.2 Å². The Balaban J connectivity index is 2.03. The van der Waals surface area contributed by atoms with Gasteiger partial charge < -0.3 is 10.0 Å². The number of halogens is 1. The fourth-order valence-corrected chi connectivity index (χ4v) is 2.98. The lowest BCUT2D eigenvalue weighted by Gasteiger charge is -2.32. The van der Waals surface area contributed by atoms with Crippen molar-refractivity contribution in [1.82, 2.24) is 0 Å². The molecule has 0 radical (unpaired) electrons. The Morgan fingerprint density at radius 3 is 2.62 bits per heavy atom. The normalized spacial score (nSPS) is 15.7. The van der Waals surface area contributed by atoms with Crippen LogP contribution in [-0.2, 0) is 6.42 Å². The monoisotopic (exact) mass is 285 g/mol. The molecule has 1 N–H and O–H groups in total. The van der Waals surface area contributed by atoms with E-state index in [1.54, 1.807) is 19.1 Å². The summed E-state index contributed by atoms with van der Waals surface area (Å²) in [6.07, 6.45) is 1.42. The highest BCUT2D eigenvalue weighted by atomic mass is 19.1.